The molecule has 0 aromatic heterocycles. The van der Waals surface area contributed by atoms with E-state index in [-0.39, 0.29) is 5.82 Å². The predicted octanol–water partition coefficient (Wildman–Crippen LogP) is 4.00. The molecule has 0 heterocycles. The SMILES string of the molecule is CCN(CC(O)c1cc(C)ccc1C)c1ccc(F)cc1. The van der Waals surface area contributed by atoms with Crippen molar-refractivity contribution in [3.63, 3.8) is 0 Å². The predicted molar refractivity (Wildman–Crippen MR) is 85.2 cm³/mol. The Morgan fingerprint density at radius 3 is 2.38 bits per heavy atom. The Bertz CT molecular complexity index is 595. The van der Waals surface area contributed by atoms with Crippen molar-refractivity contribution in [1.82, 2.24) is 0 Å². The molecule has 21 heavy (non-hydrogen) atoms. The number of aliphatic hydroxyl groups excluding tert-OH is 1. The molecule has 1 atom stereocenters. The summed E-state index contributed by atoms with van der Waals surface area (Å²) < 4.78 is 13.0. The van der Waals surface area contributed by atoms with Gasteiger partial charge in [-0.25, -0.2) is 4.39 Å². The van der Waals surface area contributed by atoms with E-state index in [9.17, 15) is 9.50 Å². The summed E-state index contributed by atoms with van der Waals surface area (Å²) in [6, 6.07) is 12.5. The number of benzene rings is 2. The highest BCUT2D eigenvalue weighted by molar-refractivity contribution is 5.47. The van der Waals surface area contributed by atoms with E-state index in [0.29, 0.717) is 6.54 Å². The van der Waals surface area contributed by atoms with Crippen molar-refractivity contribution in [3.8, 4) is 0 Å². The fraction of sp³-hybridized carbons (Fsp3) is 0.333. The van der Waals surface area contributed by atoms with E-state index >= 15 is 0 Å². The van der Waals surface area contributed by atoms with E-state index in [2.05, 4.69) is 0 Å². The Morgan fingerprint density at radius 2 is 1.76 bits per heavy atom. The summed E-state index contributed by atoms with van der Waals surface area (Å²) in [6.45, 7) is 7.30. The van der Waals surface area contributed by atoms with Crippen LogP contribution in [-0.2, 0) is 0 Å². The number of nitrogens with zero attached hydrogens (tertiary/aromatic N) is 1. The second-order valence-corrected chi connectivity index (χ2v) is 5.39. The summed E-state index contributed by atoms with van der Waals surface area (Å²) in [6.07, 6.45) is -0.560. The van der Waals surface area contributed by atoms with E-state index in [1.54, 1.807) is 12.1 Å². The number of anilines is 1. The average molecular weight is 287 g/mol. The van der Waals surface area contributed by atoms with E-state index in [0.717, 1.165) is 28.9 Å². The van der Waals surface area contributed by atoms with Gasteiger partial charge in [0.2, 0.25) is 0 Å². The van der Waals surface area contributed by atoms with Crippen molar-refractivity contribution < 1.29 is 9.50 Å². The zero-order chi connectivity index (χ0) is 15.4. The third kappa shape index (κ3) is 3.82. The second kappa shape index (κ2) is 6.72. The third-order valence-corrected chi connectivity index (χ3v) is 3.76. The van der Waals surface area contributed by atoms with Gasteiger partial charge in [-0.1, -0.05) is 23.8 Å². The average Bonchev–Trinajstić information content (AvgIpc) is 2.48. The first-order valence-electron chi connectivity index (χ1n) is 7.27. The maximum atomic E-state index is 13.0. The Balaban J connectivity index is 2.17. The molecule has 0 aliphatic rings. The maximum absolute atomic E-state index is 13.0. The van der Waals surface area contributed by atoms with E-state index in [4.69, 9.17) is 0 Å². The molecular formula is C18H22FNO. The molecule has 1 unspecified atom stereocenters. The van der Waals surface area contributed by atoms with Gasteiger partial charge in [0.05, 0.1) is 6.10 Å². The van der Waals surface area contributed by atoms with Crippen molar-refractivity contribution in [2.24, 2.45) is 0 Å². The van der Waals surface area contributed by atoms with Crippen LogP contribution in [0.3, 0.4) is 0 Å². The van der Waals surface area contributed by atoms with Crippen LogP contribution in [0, 0.1) is 19.7 Å². The van der Waals surface area contributed by atoms with Crippen LogP contribution in [0.25, 0.3) is 0 Å². The first-order chi connectivity index (χ1) is 10.0. The third-order valence-electron chi connectivity index (χ3n) is 3.76. The van der Waals surface area contributed by atoms with Gasteiger partial charge in [0.1, 0.15) is 5.82 Å². The Hall–Kier alpha value is -1.87. The highest BCUT2D eigenvalue weighted by atomic mass is 19.1. The molecule has 0 aliphatic carbocycles. The number of hydrogen-bond donors (Lipinski definition) is 1. The van der Waals surface area contributed by atoms with Gasteiger partial charge < -0.3 is 10.0 Å². The molecule has 2 nitrogen and oxygen atoms in total. The van der Waals surface area contributed by atoms with Crippen LogP contribution in [0.2, 0.25) is 0 Å². The van der Waals surface area contributed by atoms with Crippen molar-refractivity contribution in [2.45, 2.75) is 26.9 Å². The molecule has 1 N–H and O–H groups in total. The monoisotopic (exact) mass is 287 g/mol. The van der Waals surface area contributed by atoms with Crippen LogP contribution >= 0.6 is 0 Å². The van der Waals surface area contributed by atoms with E-state index in [1.807, 2.05) is 43.9 Å². The number of aliphatic hydroxyl groups is 1. The summed E-state index contributed by atoms with van der Waals surface area (Å²) >= 11 is 0. The molecule has 2 rings (SSSR count). The molecule has 0 amide bonds. The molecule has 0 saturated heterocycles. The fourth-order valence-corrected chi connectivity index (χ4v) is 2.49. The molecule has 2 aromatic carbocycles. The highest BCUT2D eigenvalue weighted by Crippen LogP contribution is 2.23. The summed E-state index contributed by atoms with van der Waals surface area (Å²) in [5.74, 6) is -0.245. The Kier molecular flexibility index (Phi) is 4.97. The number of likely N-dealkylation sites (N-methyl/N-ethyl adjacent to an activating group) is 1. The minimum Gasteiger partial charge on any atom is -0.387 e. The number of rotatable bonds is 5. The first kappa shape index (κ1) is 15.5. The standard InChI is InChI=1S/C18H22FNO/c1-4-20(16-9-7-15(19)8-10-16)12-18(21)17-11-13(2)5-6-14(17)3/h5-11,18,21H,4,12H2,1-3H3. The lowest BCUT2D eigenvalue weighted by Gasteiger charge is -2.27. The zero-order valence-corrected chi connectivity index (χ0v) is 12.8. The molecule has 0 spiro atoms. The first-order valence-corrected chi connectivity index (χ1v) is 7.27. The van der Waals surface area contributed by atoms with Gasteiger partial charge in [0, 0.05) is 18.8 Å². The normalized spacial score (nSPS) is 12.2. The number of halogens is 1. The van der Waals surface area contributed by atoms with Gasteiger partial charge in [-0.2, -0.15) is 0 Å². The van der Waals surface area contributed by atoms with Gasteiger partial charge in [-0.3, -0.25) is 0 Å². The van der Waals surface area contributed by atoms with Crippen molar-refractivity contribution in [3.05, 3.63) is 65.0 Å². The zero-order valence-electron chi connectivity index (χ0n) is 12.8. The van der Waals surface area contributed by atoms with Crippen molar-refractivity contribution in [2.75, 3.05) is 18.0 Å². The van der Waals surface area contributed by atoms with Crippen LogP contribution in [0.15, 0.2) is 42.5 Å². The molecule has 0 saturated carbocycles. The van der Waals surface area contributed by atoms with Crippen molar-refractivity contribution >= 4 is 5.69 Å². The lowest BCUT2D eigenvalue weighted by molar-refractivity contribution is 0.183. The maximum Gasteiger partial charge on any atom is 0.123 e. The Morgan fingerprint density at radius 1 is 1.10 bits per heavy atom. The second-order valence-electron chi connectivity index (χ2n) is 5.39. The topological polar surface area (TPSA) is 23.5 Å². The van der Waals surface area contributed by atoms with Crippen LogP contribution in [-0.4, -0.2) is 18.2 Å². The van der Waals surface area contributed by atoms with E-state index < -0.39 is 6.10 Å². The van der Waals surface area contributed by atoms with Crippen LogP contribution in [0.4, 0.5) is 10.1 Å². The largest absolute Gasteiger partial charge is 0.387 e. The molecule has 112 valence electrons. The lowest BCUT2D eigenvalue weighted by Crippen LogP contribution is -2.28. The number of hydrogen-bond acceptors (Lipinski definition) is 2. The molecule has 0 fully saturated rings. The summed E-state index contributed by atoms with van der Waals surface area (Å²) in [5.41, 5.74) is 4.10. The van der Waals surface area contributed by atoms with Gasteiger partial charge in [-0.15, -0.1) is 0 Å². The molecule has 2 aromatic rings. The fourth-order valence-electron chi connectivity index (χ4n) is 2.49. The van der Waals surface area contributed by atoms with Gasteiger partial charge in [0.25, 0.3) is 0 Å². The summed E-state index contributed by atoms with van der Waals surface area (Å²) in [5, 5.41) is 10.5. The van der Waals surface area contributed by atoms with Crippen LogP contribution in [0.5, 0.6) is 0 Å². The highest BCUT2D eigenvalue weighted by Gasteiger charge is 2.15. The van der Waals surface area contributed by atoms with Gasteiger partial charge >= 0.3 is 0 Å². The van der Waals surface area contributed by atoms with E-state index in [1.165, 1.54) is 12.1 Å². The smallest absolute Gasteiger partial charge is 0.123 e. The Labute approximate surface area is 125 Å². The van der Waals surface area contributed by atoms with Crippen molar-refractivity contribution in [1.29, 1.82) is 0 Å². The number of aryl methyl sites for hydroxylation is 2. The lowest BCUT2D eigenvalue weighted by atomic mass is 10.0. The van der Waals surface area contributed by atoms with Crippen LogP contribution in [0.1, 0.15) is 29.7 Å². The summed E-state index contributed by atoms with van der Waals surface area (Å²) in [7, 11) is 0. The molecular weight excluding hydrogens is 265 g/mol. The molecule has 0 bridgehead atoms. The minimum atomic E-state index is -0.560. The molecule has 3 heteroatoms. The minimum absolute atomic E-state index is 0.245. The molecule has 0 aliphatic heterocycles. The molecule has 0 radical (unpaired) electrons. The van der Waals surface area contributed by atoms with Gasteiger partial charge in [0.15, 0.2) is 0 Å². The quantitative estimate of drug-likeness (QED) is 0.898. The summed E-state index contributed by atoms with van der Waals surface area (Å²) in [4.78, 5) is 2.05. The van der Waals surface area contributed by atoms with Crippen LogP contribution < -0.4 is 4.90 Å². The van der Waals surface area contributed by atoms with Gasteiger partial charge in [-0.05, 0) is 56.2 Å².